The van der Waals surface area contributed by atoms with Gasteiger partial charge in [-0.15, -0.1) is 0 Å². The van der Waals surface area contributed by atoms with Gasteiger partial charge in [0.05, 0.1) is 12.2 Å². The van der Waals surface area contributed by atoms with Crippen LogP contribution in [0.15, 0.2) is 41.4 Å². The van der Waals surface area contributed by atoms with Crippen LogP contribution in [0.25, 0.3) is 5.65 Å². The van der Waals surface area contributed by atoms with Gasteiger partial charge in [0, 0.05) is 35.7 Å². The molecule has 0 aliphatic carbocycles. The quantitative estimate of drug-likeness (QED) is 0.740. The molecule has 3 aromatic rings. The summed E-state index contributed by atoms with van der Waals surface area (Å²) in [7, 11) is 0. The summed E-state index contributed by atoms with van der Waals surface area (Å²) in [6, 6.07) is 4.01. The Hall–Kier alpha value is -1.62. The molecule has 0 N–H and O–H groups in total. The highest BCUT2D eigenvalue weighted by atomic mass is 79.9. The standard InChI is InChI=1S/C14H15BrN4/c1-2-3-13-16-6-7-18(13)9-12-10-19-8-11(15)4-5-14(19)17-12/h4-8,10H,2-3,9H2,1H3. The van der Waals surface area contributed by atoms with Gasteiger partial charge in [0.15, 0.2) is 0 Å². The number of hydrogen-bond donors (Lipinski definition) is 0. The molecule has 0 spiro atoms. The third-order valence-corrected chi connectivity index (χ3v) is 3.54. The van der Waals surface area contributed by atoms with E-state index in [0.717, 1.165) is 41.0 Å². The van der Waals surface area contributed by atoms with Crippen molar-refractivity contribution < 1.29 is 0 Å². The predicted molar refractivity (Wildman–Crippen MR) is 78.2 cm³/mol. The zero-order valence-corrected chi connectivity index (χ0v) is 12.3. The third kappa shape index (κ3) is 2.56. The molecule has 4 nitrogen and oxygen atoms in total. The van der Waals surface area contributed by atoms with E-state index in [1.807, 2.05) is 35.1 Å². The molecule has 3 aromatic heterocycles. The minimum absolute atomic E-state index is 0.772. The molecular weight excluding hydrogens is 304 g/mol. The van der Waals surface area contributed by atoms with Crippen molar-refractivity contribution >= 4 is 21.6 Å². The van der Waals surface area contributed by atoms with Crippen molar-refractivity contribution in [3.63, 3.8) is 0 Å². The first-order valence-corrected chi connectivity index (χ1v) is 7.18. The fourth-order valence-corrected chi connectivity index (χ4v) is 2.56. The molecule has 3 rings (SSSR count). The summed E-state index contributed by atoms with van der Waals surface area (Å²) in [5.41, 5.74) is 2.02. The van der Waals surface area contributed by atoms with E-state index in [-0.39, 0.29) is 0 Å². The largest absolute Gasteiger partial charge is 0.329 e. The Balaban J connectivity index is 1.90. The maximum atomic E-state index is 4.62. The van der Waals surface area contributed by atoms with E-state index in [9.17, 15) is 0 Å². The summed E-state index contributed by atoms with van der Waals surface area (Å²) >= 11 is 3.47. The number of aryl methyl sites for hydroxylation is 1. The number of aromatic nitrogens is 4. The highest BCUT2D eigenvalue weighted by Crippen LogP contribution is 2.13. The molecule has 0 bridgehead atoms. The lowest BCUT2D eigenvalue weighted by Gasteiger charge is -2.04. The van der Waals surface area contributed by atoms with Crippen molar-refractivity contribution in [2.75, 3.05) is 0 Å². The predicted octanol–water partition coefficient (Wildman–Crippen LogP) is 3.29. The molecule has 0 atom stereocenters. The lowest BCUT2D eigenvalue weighted by Crippen LogP contribution is -2.04. The highest BCUT2D eigenvalue weighted by Gasteiger charge is 2.06. The molecule has 98 valence electrons. The summed E-state index contributed by atoms with van der Waals surface area (Å²) < 4.78 is 5.26. The maximum absolute atomic E-state index is 4.62. The van der Waals surface area contributed by atoms with E-state index < -0.39 is 0 Å². The smallest absolute Gasteiger partial charge is 0.137 e. The number of nitrogens with zero attached hydrogens (tertiary/aromatic N) is 4. The van der Waals surface area contributed by atoms with Crippen LogP contribution in [0.2, 0.25) is 0 Å². The van der Waals surface area contributed by atoms with Crippen LogP contribution in [0.5, 0.6) is 0 Å². The summed E-state index contributed by atoms with van der Waals surface area (Å²) in [4.78, 5) is 9.01. The molecule has 5 heteroatoms. The minimum Gasteiger partial charge on any atom is -0.329 e. The average molecular weight is 319 g/mol. The van der Waals surface area contributed by atoms with Crippen molar-refractivity contribution in [1.82, 2.24) is 18.9 Å². The van der Waals surface area contributed by atoms with E-state index in [1.54, 1.807) is 0 Å². The SMILES string of the molecule is CCCc1nccn1Cc1cn2cc(Br)ccc2n1. The lowest BCUT2D eigenvalue weighted by atomic mass is 10.3. The van der Waals surface area contributed by atoms with Gasteiger partial charge >= 0.3 is 0 Å². The van der Waals surface area contributed by atoms with Gasteiger partial charge < -0.3 is 8.97 Å². The van der Waals surface area contributed by atoms with Crippen LogP contribution in [0.3, 0.4) is 0 Å². The van der Waals surface area contributed by atoms with E-state index in [0.29, 0.717) is 0 Å². The second-order valence-corrected chi connectivity index (χ2v) is 5.48. The Morgan fingerprint density at radius 3 is 3.00 bits per heavy atom. The van der Waals surface area contributed by atoms with Gasteiger partial charge in [-0.25, -0.2) is 9.97 Å². The minimum atomic E-state index is 0.772. The number of pyridine rings is 1. The van der Waals surface area contributed by atoms with Crippen LogP contribution in [-0.4, -0.2) is 18.9 Å². The number of hydrogen-bond acceptors (Lipinski definition) is 2. The molecule has 0 radical (unpaired) electrons. The van der Waals surface area contributed by atoms with Crippen LogP contribution in [0, 0.1) is 0 Å². The van der Waals surface area contributed by atoms with Crippen molar-refractivity contribution in [2.24, 2.45) is 0 Å². The molecule has 0 amide bonds. The van der Waals surface area contributed by atoms with Crippen molar-refractivity contribution in [3.05, 3.63) is 52.9 Å². The Labute approximate surface area is 120 Å². The first kappa shape index (κ1) is 12.4. The first-order valence-electron chi connectivity index (χ1n) is 6.39. The van der Waals surface area contributed by atoms with Gasteiger partial charge in [0.1, 0.15) is 11.5 Å². The molecule has 0 fully saturated rings. The van der Waals surface area contributed by atoms with Gasteiger partial charge in [-0.3, -0.25) is 0 Å². The fraction of sp³-hybridized carbons (Fsp3) is 0.286. The molecular formula is C14H15BrN4. The maximum Gasteiger partial charge on any atom is 0.137 e. The molecule has 0 saturated heterocycles. The summed E-state index contributed by atoms with van der Waals surface area (Å²) in [5.74, 6) is 1.13. The zero-order valence-electron chi connectivity index (χ0n) is 10.8. The van der Waals surface area contributed by atoms with E-state index in [4.69, 9.17) is 0 Å². The molecule has 0 unspecified atom stereocenters. The molecule has 3 heterocycles. The number of imidazole rings is 2. The van der Waals surface area contributed by atoms with Gasteiger partial charge in [-0.2, -0.15) is 0 Å². The summed E-state index contributed by atoms with van der Waals surface area (Å²) in [6.45, 7) is 2.94. The van der Waals surface area contributed by atoms with E-state index in [2.05, 4.69) is 43.6 Å². The Bertz CT molecular complexity index is 698. The van der Waals surface area contributed by atoms with E-state index in [1.165, 1.54) is 0 Å². The normalized spacial score (nSPS) is 11.3. The molecule has 0 aliphatic rings. The van der Waals surface area contributed by atoms with E-state index >= 15 is 0 Å². The lowest BCUT2D eigenvalue weighted by molar-refractivity contribution is 0.696. The van der Waals surface area contributed by atoms with Crippen molar-refractivity contribution in [3.8, 4) is 0 Å². The van der Waals surface area contributed by atoms with Gasteiger partial charge in [-0.05, 0) is 34.5 Å². The zero-order chi connectivity index (χ0) is 13.2. The molecule has 0 aliphatic heterocycles. The van der Waals surface area contributed by atoms with Crippen LogP contribution >= 0.6 is 15.9 Å². The molecule has 0 saturated carbocycles. The van der Waals surface area contributed by atoms with Crippen LogP contribution < -0.4 is 0 Å². The first-order chi connectivity index (χ1) is 9.26. The number of rotatable bonds is 4. The number of halogens is 1. The van der Waals surface area contributed by atoms with Crippen LogP contribution in [0.4, 0.5) is 0 Å². The monoisotopic (exact) mass is 318 g/mol. The summed E-state index contributed by atoms with van der Waals surface area (Å²) in [6.07, 6.45) is 10.1. The second kappa shape index (κ2) is 5.17. The Morgan fingerprint density at radius 1 is 1.26 bits per heavy atom. The van der Waals surface area contributed by atoms with Crippen LogP contribution in [-0.2, 0) is 13.0 Å². The Morgan fingerprint density at radius 2 is 2.16 bits per heavy atom. The average Bonchev–Trinajstić information content (AvgIpc) is 2.97. The third-order valence-electron chi connectivity index (χ3n) is 3.07. The second-order valence-electron chi connectivity index (χ2n) is 4.57. The van der Waals surface area contributed by atoms with Crippen molar-refractivity contribution in [2.45, 2.75) is 26.3 Å². The fourth-order valence-electron chi connectivity index (χ4n) is 2.20. The molecule has 19 heavy (non-hydrogen) atoms. The van der Waals surface area contributed by atoms with Crippen molar-refractivity contribution in [1.29, 1.82) is 0 Å². The topological polar surface area (TPSA) is 35.1 Å². The number of fused-ring (bicyclic) bond motifs is 1. The summed E-state index contributed by atoms with van der Waals surface area (Å²) in [5, 5.41) is 0. The van der Waals surface area contributed by atoms with Gasteiger partial charge in [0.2, 0.25) is 0 Å². The van der Waals surface area contributed by atoms with Crippen LogP contribution in [0.1, 0.15) is 24.9 Å². The molecule has 0 aromatic carbocycles. The Kier molecular flexibility index (Phi) is 3.38. The van der Waals surface area contributed by atoms with Gasteiger partial charge in [0.25, 0.3) is 0 Å². The highest BCUT2D eigenvalue weighted by molar-refractivity contribution is 9.10. The van der Waals surface area contributed by atoms with Gasteiger partial charge in [-0.1, -0.05) is 6.92 Å².